The van der Waals surface area contributed by atoms with Crippen molar-refractivity contribution in [2.24, 2.45) is 0 Å². The Morgan fingerprint density at radius 3 is 2.66 bits per heavy atom. The summed E-state index contributed by atoms with van der Waals surface area (Å²) in [5, 5.41) is 3.29. The van der Waals surface area contributed by atoms with Gasteiger partial charge < -0.3 is 19.4 Å². The number of imidazole rings is 1. The lowest BCUT2D eigenvalue weighted by Crippen LogP contribution is -2.30. The van der Waals surface area contributed by atoms with Crippen molar-refractivity contribution in [3.8, 4) is 22.8 Å². The normalized spacial score (nSPS) is 15.9. The summed E-state index contributed by atoms with van der Waals surface area (Å²) in [6.45, 7) is 3.81. The Balaban J connectivity index is 1.46. The van der Waals surface area contributed by atoms with Gasteiger partial charge >= 0.3 is 0 Å². The fourth-order valence-corrected chi connectivity index (χ4v) is 4.86. The maximum Gasteiger partial charge on any atom is 0.238 e. The highest BCUT2D eigenvalue weighted by Crippen LogP contribution is 2.39. The van der Waals surface area contributed by atoms with Crippen LogP contribution in [0.1, 0.15) is 30.6 Å². The SMILES string of the molecule is CCn1c(-c2ccc3c(c2)OCCO3)cnc1S[C@@H](C(=O)NC1CC1)c1ccc(F)cc1. The van der Waals surface area contributed by atoms with Crippen molar-refractivity contribution in [1.82, 2.24) is 14.9 Å². The summed E-state index contributed by atoms with van der Waals surface area (Å²) >= 11 is 1.38. The minimum atomic E-state index is -0.517. The molecule has 2 heterocycles. The number of hydrogen-bond donors (Lipinski definition) is 1. The molecule has 6 nitrogen and oxygen atoms in total. The van der Waals surface area contributed by atoms with E-state index >= 15 is 0 Å². The second-order valence-electron chi connectivity index (χ2n) is 7.86. The Labute approximate surface area is 190 Å². The van der Waals surface area contributed by atoms with E-state index in [0.29, 0.717) is 19.8 Å². The predicted molar refractivity (Wildman–Crippen MR) is 120 cm³/mol. The predicted octanol–water partition coefficient (Wildman–Crippen LogP) is 4.59. The molecule has 166 valence electrons. The monoisotopic (exact) mass is 453 g/mol. The molecule has 1 N–H and O–H groups in total. The minimum Gasteiger partial charge on any atom is -0.486 e. The van der Waals surface area contributed by atoms with Crippen molar-refractivity contribution in [2.75, 3.05) is 13.2 Å². The first-order valence-electron chi connectivity index (χ1n) is 10.8. The zero-order chi connectivity index (χ0) is 22.1. The van der Waals surface area contributed by atoms with Crippen LogP contribution in [0.25, 0.3) is 11.3 Å². The van der Waals surface area contributed by atoms with Crippen LogP contribution in [0.4, 0.5) is 4.39 Å². The van der Waals surface area contributed by atoms with Crippen LogP contribution in [0.3, 0.4) is 0 Å². The molecule has 0 saturated heterocycles. The van der Waals surface area contributed by atoms with Gasteiger partial charge in [0, 0.05) is 18.2 Å². The third kappa shape index (κ3) is 4.32. The van der Waals surface area contributed by atoms with Crippen LogP contribution in [0.2, 0.25) is 0 Å². The smallest absolute Gasteiger partial charge is 0.238 e. The number of aromatic nitrogens is 2. The Bertz CT molecular complexity index is 1130. The third-order valence-corrected chi connectivity index (χ3v) is 6.79. The van der Waals surface area contributed by atoms with Crippen LogP contribution in [0.15, 0.2) is 53.8 Å². The van der Waals surface area contributed by atoms with Gasteiger partial charge in [-0.2, -0.15) is 0 Å². The fourth-order valence-electron chi connectivity index (χ4n) is 3.71. The molecule has 1 fully saturated rings. The Morgan fingerprint density at radius 2 is 1.94 bits per heavy atom. The van der Waals surface area contributed by atoms with Gasteiger partial charge in [0.1, 0.15) is 24.3 Å². The van der Waals surface area contributed by atoms with Gasteiger partial charge in [0.2, 0.25) is 5.91 Å². The van der Waals surface area contributed by atoms with Crippen molar-refractivity contribution in [2.45, 2.75) is 42.8 Å². The number of ether oxygens (including phenoxy) is 2. The summed E-state index contributed by atoms with van der Waals surface area (Å²) in [6.07, 6.45) is 3.83. The first-order chi connectivity index (χ1) is 15.6. The van der Waals surface area contributed by atoms with Gasteiger partial charge in [-0.1, -0.05) is 23.9 Å². The molecule has 2 aromatic carbocycles. The summed E-state index contributed by atoms with van der Waals surface area (Å²) in [5.41, 5.74) is 2.66. The molecule has 1 saturated carbocycles. The van der Waals surface area contributed by atoms with E-state index in [9.17, 15) is 9.18 Å². The summed E-state index contributed by atoms with van der Waals surface area (Å²) < 4.78 is 26.9. The molecule has 0 spiro atoms. The minimum absolute atomic E-state index is 0.0735. The van der Waals surface area contributed by atoms with E-state index in [0.717, 1.165) is 46.3 Å². The van der Waals surface area contributed by atoms with Gasteiger partial charge in [-0.15, -0.1) is 0 Å². The molecular formula is C24H24FN3O3S. The van der Waals surface area contributed by atoms with Gasteiger partial charge in [0.05, 0.1) is 11.9 Å². The van der Waals surface area contributed by atoms with Crippen molar-refractivity contribution >= 4 is 17.7 Å². The van der Waals surface area contributed by atoms with E-state index in [4.69, 9.17) is 9.47 Å². The number of benzene rings is 2. The highest BCUT2D eigenvalue weighted by atomic mass is 32.2. The van der Waals surface area contributed by atoms with E-state index < -0.39 is 5.25 Å². The van der Waals surface area contributed by atoms with Crippen molar-refractivity contribution < 1.29 is 18.7 Å². The van der Waals surface area contributed by atoms with E-state index in [1.807, 2.05) is 31.3 Å². The molecule has 32 heavy (non-hydrogen) atoms. The number of halogens is 1. The summed E-state index contributed by atoms with van der Waals surface area (Å²) in [6, 6.07) is 12.2. The molecule has 0 radical (unpaired) electrons. The van der Waals surface area contributed by atoms with Crippen molar-refractivity contribution in [3.63, 3.8) is 0 Å². The summed E-state index contributed by atoms with van der Waals surface area (Å²) in [4.78, 5) is 17.7. The number of hydrogen-bond acceptors (Lipinski definition) is 5. The largest absolute Gasteiger partial charge is 0.486 e. The van der Waals surface area contributed by atoms with Crippen LogP contribution < -0.4 is 14.8 Å². The van der Waals surface area contributed by atoms with Crippen molar-refractivity contribution in [1.29, 1.82) is 0 Å². The third-order valence-electron chi connectivity index (χ3n) is 5.53. The quantitative estimate of drug-likeness (QED) is 0.530. The van der Waals surface area contributed by atoms with E-state index in [1.165, 1.54) is 23.9 Å². The molecule has 5 rings (SSSR count). The second-order valence-corrected chi connectivity index (χ2v) is 8.93. The number of nitrogens with one attached hydrogen (secondary N) is 1. The standard InChI is InChI=1S/C24H24FN3O3S/c1-2-28-19(16-5-10-20-21(13-16)31-12-11-30-20)14-26-24(28)32-22(23(29)27-18-8-9-18)15-3-6-17(25)7-4-15/h3-7,10,13-14,18,22H,2,8-9,11-12H2,1H3,(H,27,29)/t22-/m1/s1. The van der Waals surface area contributed by atoms with Crippen LogP contribution in [0, 0.1) is 5.82 Å². The zero-order valence-electron chi connectivity index (χ0n) is 17.7. The number of thioether (sulfide) groups is 1. The summed E-state index contributed by atoms with van der Waals surface area (Å²) in [5.74, 6) is 1.07. The van der Waals surface area contributed by atoms with Gasteiger partial charge in [0.15, 0.2) is 16.7 Å². The number of fused-ring (bicyclic) bond motifs is 1. The molecule has 2 aliphatic rings. The molecule has 8 heteroatoms. The average Bonchev–Trinajstić information content (AvgIpc) is 3.54. The first kappa shape index (κ1) is 20.9. The number of carbonyl (C=O) groups is 1. The molecular weight excluding hydrogens is 429 g/mol. The topological polar surface area (TPSA) is 65.4 Å². The summed E-state index contributed by atoms with van der Waals surface area (Å²) in [7, 11) is 0. The van der Waals surface area contributed by atoms with Crippen LogP contribution >= 0.6 is 11.8 Å². The molecule has 1 aliphatic carbocycles. The maximum atomic E-state index is 13.5. The number of amides is 1. The fraction of sp³-hybridized carbons (Fsp3) is 0.333. The first-order valence-corrected chi connectivity index (χ1v) is 11.7. The van der Waals surface area contributed by atoms with Gasteiger partial charge in [-0.3, -0.25) is 4.79 Å². The van der Waals surface area contributed by atoms with Gasteiger partial charge in [-0.05, 0) is 55.7 Å². The second kappa shape index (κ2) is 8.86. The molecule has 1 amide bonds. The number of rotatable bonds is 7. The van der Waals surface area contributed by atoms with Crippen LogP contribution in [-0.2, 0) is 11.3 Å². The lowest BCUT2D eigenvalue weighted by molar-refractivity contribution is -0.120. The Kier molecular flexibility index (Phi) is 5.78. The lowest BCUT2D eigenvalue weighted by atomic mass is 10.1. The Morgan fingerprint density at radius 1 is 1.19 bits per heavy atom. The molecule has 1 aromatic heterocycles. The van der Waals surface area contributed by atoms with E-state index in [-0.39, 0.29) is 17.8 Å². The molecule has 1 atom stereocenters. The van der Waals surface area contributed by atoms with E-state index in [1.54, 1.807) is 12.1 Å². The van der Waals surface area contributed by atoms with Crippen LogP contribution in [0.5, 0.6) is 11.5 Å². The molecule has 3 aromatic rings. The maximum absolute atomic E-state index is 13.5. The Hall–Kier alpha value is -3.00. The highest BCUT2D eigenvalue weighted by molar-refractivity contribution is 8.00. The van der Waals surface area contributed by atoms with E-state index in [2.05, 4.69) is 14.9 Å². The number of nitrogens with zero attached hydrogens (tertiary/aromatic N) is 2. The zero-order valence-corrected chi connectivity index (χ0v) is 18.5. The van der Waals surface area contributed by atoms with Gasteiger partial charge in [-0.25, -0.2) is 9.37 Å². The van der Waals surface area contributed by atoms with Gasteiger partial charge in [0.25, 0.3) is 0 Å². The van der Waals surface area contributed by atoms with Crippen LogP contribution in [-0.4, -0.2) is 34.7 Å². The average molecular weight is 454 g/mol. The molecule has 0 unspecified atom stereocenters. The van der Waals surface area contributed by atoms with Crippen molar-refractivity contribution in [3.05, 3.63) is 60.0 Å². The molecule has 0 bridgehead atoms. The lowest BCUT2D eigenvalue weighted by Gasteiger charge is -2.20. The number of carbonyl (C=O) groups excluding carboxylic acids is 1. The highest BCUT2D eigenvalue weighted by Gasteiger charge is 2.30. The molecule has 1 aliphatic heterocycles.